The summed E-state index contributed by atoms with van der Waals surface area (Å²) in [4.78, 5) is 4.19. The smallest absolute Gasteiger partial charge is 0.191 e. The van der Waals surface area contributed by atoms with Gasteiger partial charge in [-0.05, 0) is 25.8 Å². The highest BCUT2D eigenvalue weighted by molar-refractivity contribution is 5.79. The zero-order chi connectivity index (χ0) is 14.1. The second-order valence-electron chi connectivity index (χ2n) is 4.74. The fourth-order valence-electron chi connectivity index (χ4n) is 1.80. The van der Waals surface area contributed by atoms with Gasteiger partial charge in [-0.1, -0.05) is 29.8 Å². The number of benzene rings is 1. The molecule has 0 aliphatic heterocycles. The van der Waals surface area contributed by atoms with Gasteiger partial charge in [0.1, 0.15) is 0 Å². The van der Waals surface area contributed by atoms with Gasteiger partial charge >= 0.3 is 0 Å². The molecule has 4 heteroatoms. The van der Waals surface area contributed by atoms with Gasteiger partial charge in [-0.15, -0.1) is 0 Å². The Labute approximate surface area is 116 Å². The van der Waals surface area contributed by atoms with Crippen molar-refractivity contribution in [2.75, 3.05) is 27.3 Å². The number of nitrogens with zero attached hydrogens (tertiary/aromatic N) is 1. The standard InChI is InChI=1S/C15H25N3O/c1-12-5-7-14(8-6-12)9-10-17-15(16-3)18-13(2)11-19-4/h5-8,13H,9-11H2,1-4H3,(H2,16,17,18). The van der Waals surface area contributed by atoms with Crippen molar-refractivity contribution >= 4 is 5.96 Å². The number of hydrogen-bond acceptors (Lipinski definition) is 2. The summed E-state index contributed by atoms with van der Waals surface area (Å²) in [6, 6.07) is 8.86. The summed E-state index contributed by atoms with van der Waals surface area (Å²) in [5.41, 5.74) is 2.63. The van der Waals surface area contributed by atoms with Crippen molar-refractivity contribution in [1.82, 2.24) is 10.6 Å². The van der Waals surface area contributed by atoms with Crippen LogP contribution in [-0.2, 0) is 11.2 Å². The van der Waals surface area contributed by atoms with E-state index in [4.69, 9.17) is 4.74 Å². The lowest BCUT2D eigenvalue weighted by atomic mass is 10.1. The Morgan fingerprint density at radius 2 is 2.00 bits per heavy atom. The van der Waals surface area contributed by atoms with Crippen molar-refractivity contribution in [1.29, 1.82) is 0 Å². The van der Waals surface area contributed by atoms with Crippen LogP contribution in [-0.4, -0.2) is 39.3 Å². The molecule has 1 atom stereocenters. The quantitative estimate of drug-likeness (QED) is 0.607. The minimum absolute atomic E-state index is 0.246. The number of ether oxygens (including phenoxy) is 1. The molecule has 4 nitrogen and oxygen atoms in total. The zero-order valence-corrected chi connectivity index (χ0v) is 12.4. The van der Waals surface area contributed by atoms with Crippen LogP contribution in [0.1, 0.15) is 18.1 Å². The second kappa shape index (κ2) is 8.53. The number of rotatable bonds is 6. The van der Waals surface area contributed by atoms with E-state index in [1.165, 1.54) is 11.1 Å². The van der Waals surface area contributed by atoms with Crippen molar-refractivity contribution in [3.63, 3.8) is 0 Å². The van der Waals surface area contributed by atoms with E-state index in [0.717, 1.165) is 18.9 Å². The van der Waals surface area contributed by atoms with Crippen molar-refractivity contribution in [2.24, 2.45) is 4.99 Å². The van der Waals surface area contributed by atoms with Gasteiger partial charge in [0.2, 0.25) is 0 Å². The summed E-state index contributed by atoms with van der Waals surface area (Å²) in [5, 5.41) is 6.58. The van der Waals surface area contributed by atoms with E-state index in [0.29, 0.717) is 6.61 Å². The highest BCUT2D eigenvalue weighted by atomic mass is 16.5. The third-order valence-corrected chi connectivity index (χ3v) is 2.85. The lowest BCUT2D eigenvalue weighted by molar-refractivity contribution is 0.179. The van der Waals surface area contributed by atoms with Crippen LogP contribution in [0.25, 0.3) is 0 Å². The summed E-state index contributed by atoms with van der Waals surface area (Å²) in [6.07, 6.45) is 0.986. The van der Waals surface area contributed by atoms with Gasteiger partial charge in [0, 0.05) is 26.7 Å². The van der Waals surface area contributed by atoms with Gasteiger partial charge in [-0.2, -0.15) is 0 Å². The summed E-state index contributed by atoms with van der Waals surface area (Å²) in [5.74, 6) is 0.816. The van der Waals surface area contributed by atoms with Gasteiger partial charge in [0.05, 0.1) is 6.61 Å². The van der Waals surface area contributed by atoms with E-state index < -0.39 is 0 Å². The Balaban J connectivity index is 2.32. The maximum absolute atomic E-state index is 5.09. The zero-order valence-electron chi connectivity index (χ0n) is 12.4. The Hall–Kier alpha value is -1.55. The normalized spacial score (nSPS) is 13.2. The van der Waals surface area contributed by atoms with E-state index in [1.54, 1.807) is 14.2 Å². The van der Waals surface area contributed by atoms with Crippen LogP contribution in [0, 0.1) is 6.92 Å². The Morgan fingerprint density at radius 1 is 1.32 bits per heavy atom. The monoisotopic (exact) mass is 263 g/mol. The highest BCUT2D eigenvalue weighted by Crippen LogP contribution is 2.02. The second-order valence-corrected chi connectivity index (χ2v) is 4.74. The molecule has 0 saturated carbocycles. The van der Waals surface area contributed by atoms with Crippen LogP contribution in [0.3, 0.4) is 0 Å². The fraction of sp³-hybridized carbons (Fsp3) is 0.533. The van der Waals surface area contributed by atoms with Gasteiger partial charge in [0.15, 0.2) is 5.96 Å². The number of guanidine groups is 1. The molecule has 1 aromatic rings. The first-order valence-corrected chi connectivity index (χ1v) is 6.67. The molecule has 19 heavy (non-hydrogen) atoms. The molecule has 0 bridgehead atoms. The molecule has 1 unspecified atom stereocenters. The van der Waals surface area contributed by atoms with E-state index >= 15 is 0 Å². The Morgan fingerprint density at radius 3 is 2.58 bits per heavy atom. The van der Waals surface area contributed by atoms with E-state index in [9.17, 15) is 0 Å². The lowest BCUT2D eigenvalue weighted by Gasteiger charge is -2.17. The van der Waals surface area contributed by atoms with Gasteiger partial charge in [0.25, 0.3) is 0 Å². The van der Waals surface area contributed by atoms with Crippen molar-refractivity contribution < 1.29 is 4.74 Å². The molecular weight excluding hydrogens is 238 g/mol. The maximum Gasteiger partial charge on any atom is 0.191 e. The molecule has 0 spiro atoms. The van der Waals surface area contributed by atoms with Gasteiger partial charge < -0.3 is 15.4 Å². The molecule has 0 amide bonds. The molecule has 0 saturated heterocycles. The average molecular weight is 263 g/mol. The molecule has 1 rings (SSSR count). The lowest BCUT2D eigenvalue weighted by Crippen LogP contribution is -2.44. The third-order valence-electron chi connectivity index (χ3n) is 2.85. The minimum atomic E-state index is 0.246. The van der Waals surface area contributed by atoms with Crippen molar-refractivity contribution in [3.05, 3.63) is 35.4 Å². The van der Waals surface area contributed by atoms with Crippen molar-refractivity contribution in [3.8, 4) is 0 Å². The molecular formula is C15H25N3O. The Bertz CT molecular complexity index is 387. The number of aliphatic imine (C=N–C) groups is 1. The number of hydrogen-bond donors (Lipinski definition) is 2. The van der Waals surface area contributed by atoms with Crippen LogP contribution in [0.5, 0.6) is 0 Å². The van der Waals surface area contributed by atoms with Crippen LogP contribution < -0.4 is 10.6 Å². The summed E-state index contributed by atoms with van der Waals surface area (Å²) < 4.78 is 5.09. The average Bonchev–Trinajstić information content (AvgIpc) is 2.40. The molecule has 0 aliphatic rings. The number of aryl methyl sites for hydroxylation is 1. The van der Waals surface area contributed by atoms with Crippen molar-refractivity contribution in [2.45, 2.75) is 26.3 Å². The number of methoxy groups -OCH3 is 1. The minimum Gasteiger partial charge on any atom is -0.383 e. The molecule has 0 aliphatic carbocycles. The summed E-state index contributed by atoms with van der Waals surface area (Å²) >= 11 is 0. The van der Waals surface area contributed by atoms with Gasteiger partial charge in [-0.3, -0.25) is 4.99 Å². The third kappa shape index (κ3) is 6.25. The van der Waals surface area contributed by atoms with Crippen LogP contribution in [0.15, 0.2) is 29.3 Å². The molecule has 0 fully saturated rings. The molecule has 0 aromatic heterocycles. The number of nitrogens with one attached hydrogen (secondary N) is 2. The topological polar surface area (TPSA) is 45.7 Å². The molecule has 0 radical (unpaired) electrons. The molecule has 0 heterocycles. The first-order valence-electron chi connectivity index (χ1n) is 6.67. The van der Waals surface area contributed by atoms with E-state index in [-0.39, 0.29) is 6.04 Å². The summed E-state index contributed by atoms with van der Waals surface area (Å²) in [7, 11) is 3.48. The first-order chi connectivity index (χ1) is 9.15. The van der Waals surface area contributed by atoms with Crippen LogP contribution in [0.4, 0.5) is 0 Å². The predicted octanol–water partition coefficient (Wildman–Crippen LogP) is 1.74. The largest absolute Gasteiger partial charge is 0.383 e. The highest BCUT2D eigenvalue weighted by Gasteiger charge is 2.03. The van der Waals surface area contributed by atoms with Crippen LogP contribution in [0.2, 0.25) is 0 Å². The first kappa shape index (κ1) is 15.5. The maximum atomic E-state index is 5.09. The predicted molar refractivity (Wildman–Crippen MR) is 80.7 cm³/mol. The molecule has 106 valence electrons. The van der Waals surface area contributed by atoms with E-state index in [1.807, 2.05) is 0 Å². The fourth-order valence-corrected chi connectivity index (χ4v) is 1.80. The molecule has 2 N–H and O–H groups in total. The summed E-state index contributed by atoms with van der Waals surface area (Å²) in [6.45, 7) is 5.70. The Kier molecular flexibility index (Phi) is 6.97. The van der Waals surface area contributed by atoms with Crippen LogP contribution >= 0.6 is 0 Å². The SMILES string of the molecule is CN=C(NCCc1ccc(C)cc1)NC(C)COC. The van der Waals surface area contributed by atoms with E-state index in [2.05, 4.69) is 53.7 Å². The molecule has 1 aromatic carbocycles. The van der Waals surface area contributed by atoms with Gasteiger partial charge in [-0.25, -0.2) is 0 Å².